The molecule has 19 heavy (non-hydrogen) atoms. The van der Waals surface area contributed by atoms with E-state index in [9.17, 15) is 0 Å². The van der Waals surface area contributed by atoms with Gasteiger partial charge in [0.2, 0.25) is 0 Å². The fourth-order valence-corrected chi connectivity index (χ4v) is 2.30. The summed E-state index contributed by atoms with van der Waals surface area (Å²) in [5, 5.41) is 0. The minimum atomic E-state index is 0.745. The third-order valence-corrected chi connectivity index (χ3v) is 3.46. The highest BCUT2D eigenvalue weighted by Gasteiger charge is 2.13. The van der Waals surface area contributed by atoms with E-state index in [2.05, 4.69) is 11.0 Å². The van der Waals surface area contributed by atoms with E-state index < -0.39 is 0 Å². The number of nitrogen functional groups attached to an aromatic ring is 1. The monoisotopic (exact) mass is 262 g/mol. The van der Waals surface area contributed by atoms with Crippen molar-refractivity contribution in [1.29, 1.82) is 0 Å². The van der Waals surface area contributed by atoms with Crippen molar-refractivity contribution in [3.05, 3.63) is 35.4 Å². The van der Waals surface area contributed by atoms with Gasteiger partial charge in [0.15, 0.2) is 0 Å². The summed E-state index contributed by atoms with van der Waals surface area (Å²) in [5.74, 6) is 0.858. The van der Waals surface area contributed by atoms with Crippen LogP contribution in [-0.2, 0) is 11.3 Å². The van der Waals surface area contributed by atoms with Crippen LogP contribution in [0.25, 0.3) is 0 Å². The lowest BCUT2D eigenvalue weighted by molar-refractivity contribution is 0.210. The maximum Gasteiger partial charge on any atom is 0.119 e. The topological polar surface area (TPSA) is 47.7 Å². The fourth-order valence-electron chi connectivity index (χ4n) is 2.30. The van der Waals surface area contributed by atoms with Crippen molar-refractivity contribution in [2.45, 2.75) is 13.0 Å². The Morgan fingerprint density at radius 2 is 2.16 bits per heavy atom. The largest absolute Gasteiger partial charge is 0.497 e. The van der Waals surface area contributed by atoms with Crippen LogP contribution in [0.4, 0.5) is 5.69 Å². The molecule has 1 aliphatic heterocycles. The lowest BCUT2D eigenvalue weighted by Gasteiger charge is -2.26. The number of anilines is 1. The van der Waals surface area contributed by atoms with Gasteiger partial charge in [-0.25, -0.2) is 0 Å². The summed E-state index contributed by atoms with van der Waals surface area (Å²) < 4.78 is 10.4. The Morgan fingerprint density at radius 3 is 2.79 bits per heavy atom. The van der Waals surface area contributed by atoms with Crippen LogP contribution < -0.4 is 10.5 Å². The molecule has 0 bridgehead atoms. The molecule has 0 saturated heterocycles. The molecule has 1 aromatic carbocycles. The lowest BCUT2D eigenvalue weighted by atomic mass is 10.1. The SMILES string of the molecule is COCC1=CCN(Cc2cc(OC)ccc2N)CC1. The molecule has 1 heterocycles. The number of methoxy groups -OCH3 is 2. The average Bonchev–Trinajstić information content (AvgIpc) is 2.44. The molecule has 0 fully saturated rings. The van der Waals surface area contributed by atoms with Crippen molar-refractivity contribution in [2.75, 3.05) is 39.6 Å². The van der Waals surface area contributed by atoms with E-state index in [4.69, 9.17) is 15.2 Å². The highest BCUT2D eigenvalue weighted by molar-refractivity contribution is 5.50. The standard InChI is InChI=1S/C15H22N2O2/c1-18-11-12-5-7-17(8-6-12)10-13-9-14(19-2)3-4-15(13)16/h3-5,9H,6-8,10-11,16H2,1-2H3. The summed E-state index contributed by atoms with van der Waals surface area (Å²) in [6.45, 7) is 3.61. The number of rotatable bonds is 5. The first-order valence-electron chi connectivity index (χ1n) is 6.54. The first-order valence-corrected chi connectivity index (χ1v) is 6.54. The van der Waals surface area contributed by atoms with E-state index in [1.807, 2.05) is 18.2 Å². The van der Waals surface area contributed by atoms with Gasteiger partial charge in [-0.05, 0) is 35.8 Å². The third kappa shape index (κ3) is 3.72. The van der Waals surface area contributed by atoms with Gasteiger partial charge in [0.05, 0.1) is 13.7 Å². The summed E-state index contributed by atoms with van der Waals surface area (Å²) in [6, 6.07) is 5.82. The Labute approximate surface area is 114 Å². The van der Waals surface area contributed by atoms with Gasteiger partial charge >= 0.3 is 0 Å². The van der Waals surface area contributed by atoms with Gasteiger partial charge in [-0.15, -0.1) is 0 Å². The molecule has 0 amide bonds. The maximum atomic E-state index is 6.02. The Balaban J connectivity index is 1.99. The molecule has 104 valence electrons. The molecule has 1 aliphatic rings. The summed E-state index contributed by atoms with van der Waals surface area (Å²) in [4.78, 5) is 2.38. The number of benzene rings is 1. The van der Waals surface area contributed by atoms with Gasteiger partial charge in [0.25, 0.3) is 0 Å². The number of hydrogen-bond acceptors (Lipinski definition) is 4. The molecule has 4 heteroatoms. The van der Waals surface area contributed by atoms with Crippen molar-refractivity contribution >= 4 is 5.69 Å². The molecule has 0 radical (unpaired) electrons. The first-order chi connectivity index (χ1) is 9.22. The molecule has 0 unspecified atom stereocenters. The van der Waals surface area contributed by atoms with Crippen LogP contribution in [-0.4, -0.2) is 38.8 Å². The maximum absolute atomic E-state index is 6.02. The zero-order valence-corrected chi connectivity index (χ0v) is 11.7. The van der Waals surface area contributed by atoms with Gasteiger partial charge in [-0.2, -0.15) is 0 Å². The minimum Gasteiger partial charge on any atom is -0.497 e. The summed E-state index contributed by atoms with van der Waals surface area (Å²) >= 11 is 0. The molecule has 1 aromatic rings. The zero-order valence-electron chi connectivity index (χ0n) is 11.7. The lowest BCUT2D eigenvalue weighted by Crippen LogP contribution is -2.29. The van der Waals surface area contributed by atoms with Crippen LogP contribution in [0.15, 0.2) is 29.8 Å². The highest BCUT2D eigenvalue weighted by Crippen LogP contribution is 2.22. The van der Waals surface area contributed by atoms with Gasteiger partial charge in [-0.1, -0.05) is 6.08 Å². The predicted octanol–water partition coefficient (Wildman–Crippen LogP) is 2.06. The van der Waals surface area contributed by atoms with E-state index in [0.717, 1.165) is 49.7 Å². The average molecular weight is 262 g/mol. The van der Waals surface area contributed by atoms with Gasteiger partial charge in [0, 0.05) is 32.4 Å². The Morgan fingerprint density at radius 1 is 1.32 bits per heavy atom. The molecule has 0 aromatic heterocycles. The zero-order chi connectivity index (χ0) is 13.7. The highest BCUT2D eigenvalue weighted by atomic mass is 16.5. The van der Waals surface area contributed by atoms with Crippen molar-refractivity contribution < 1.29 is 9.47 Å². The second kappa shape index (κ2) is 6.59. The first kappa shape index (κ1) is 13.9. The van der Waals surface area contributed by atoms with Crippen molar-refractivity contribution in [3.8, 4) is 5.75 Å². The smallest absolute Gasteiger partial charge is 0.119 e. The molecular weight excluding hydrogens is 240 g/mol. The van der Waals surface area contributed by atoms with Crippen LogP contribution in [0.1, 0.15) is 12.0 Å². The second-order valence-corrected chi connectivity index (χ2v) is 4.85. The minimum absolute atomic E-state index is 0.745. The predicted molar refractivity (Wildman–Crippen MR) is 77.3 cm³/mol. The number of hydrogen-bond donors (Lipinski definition) is 1. The van der Waals surface area contributed by atoms with Gasteiger partial charge in [-0.3, -0.25) is 4.90 Å². The third-order valence-electron chi connectivity index (χ3n) is 3.46. The number of nitrogens with zero attached hydrogens (tertiary/aromatic N) is 1. The van der Waals surface area contributed by atoms with Crippen LogP contribution in [0, 0.1) is 0 Å². The fraction of sp³-hybridized carbons (Fsp3) is 0.467. The van der Waals surface area contributed by atoms with Gasteiger partial charge < -0.3 is 15.2 Å². The van der Waals surface area contributed by atoms with E-state index in [1.54, 1.807) is 14.2 Å². The van der Waals surface area contributed by atoms with Crippen LogP contribution in [0.3, 0.4) is 0 Å². The van der Waals surface area contributed by atoms with E-state index in [-0.39, 0.29) is 0 Å². The van der Waals surface area contributed by atoms with Crippen molar-refractivity contribution in [2.24, 2.45) is 0 Å². The summed E-state index contributed by atoms with van der Waals surface area (Å²) in [6.07, 6.45) is 3.32. The molecular formula is C15H22N2O2. The van der Waals surface area contributed by atoms with E-state index >= 15 is 0 Å². The normalized spacial score (nSPS) is 16.2. The number of ether oxygens (including phenoxy) is 2. The Kier molecular flexibility index (Phi) is 4.82. The van der Waals surface area contributed by atoms with Crippen LogP contribution in [0.2, 0.25) is 0 Å². The van der Waals surface area contributed by atoms with E-state index in [0.29, 0.717) is 0 Å². The molecule has 0 aliphatic carbocycles. The molecule has 2 rings (SSSR count). The molecule has 0 spiro atoms. The Bertz CT molecular complexity index is 457. The Hall–Kier alpha value is -1.52. The number of nitrogens with two attached hydrogens (primary N) is 1. The van der Waals surface area contributed by atoms with Gasteiger partial charge in [0.1, 0.15) is 5.75 Å². The van der Waals surface area contributed by atoms with E-state index in [1.165, 1.54) is 5.57 Å². The molecule has 0 saturated carbocycles. The van der Waals surface area contributed by atoms with Crippen molar-refractivity contribution in [1.82, 2.24) is 4.90 Å². The molecule has 2 N–H and O–H groups in total. The quantitative estimate of drug-likeness (QED) is 0.652. The van der Waals surface area contributed by atoms with Crippen molar-refractivity contribution in [3.63, 3.8) is 0 Å². The molecule has 0 atom stereocenters. The summed E-state index contributed by atoms with van der Waals surface area (Å²) in [5.41, 5.74) is 9.36. The van der Waals surface area contributed by atoms with Crippen LogP contribution in [0.5, 0.6) is 5.75 Å². The molecule has 4 nitrogen and oxygen atoms in total. The summed E-state index contributed by atoms with van der Waals surface area (Å²) in [7, 11) is 3.42. The second-order valence-electron chi connectivity index (χ2n) is 4.85. The van der Waals surface area contributed by atoms with Crippen LogP contribution >= 0.6 is 0 Å².